The third-order valence-corrected chi connectivity index (χ3v) is 6.52. The van der Waals surface area contributed by atoms with Crippen LogP contribution >= 0.6 is 0 Å². The van der Waals surface area contributed by atoms with Gasteiger partial charge in [0.1, 0.15) is 31.6 Å². The largest absolute Gasteiger partial charge is 0.491 e. The Morgan fingerprint density at radius 3 is 2.58 bits per heavy atom. The Morgan fingerprint density at radius 2 is 1.79 bits per heavy atom. The van der Waals surface area contributed by atoms with Gasteiger partial charge in [0.15, 0.2) is 11.5 Å². The number of benzene rings is 3. The molecule has 33 heavy (non-hydrogen) atoms. The second kappa shape index (κ2) is 9.58. The fraction of sp³-hybridized carbons (Fsp3) is 0.292. The monoisotopic (exact) mass is 470 g/mol. The van der Waals surface area contributed by atoms with Gasteiger partial charge in [-0.25, -0.2) is 8.42 Å². The molecule has 3 aromatic rings. The van der Waals surface area contributed by atoms with Gasteiger partial charge in [0.05, 0.1) is 18.5 Å². The van der Waals surface area contributed by atoms with E-state index in [4.69, 9.17) is 14.2 Å². The van der Waals surface area contributed by atoms with Crippen LogP contribution in [0, 0.1) is 0 Å². The van der Waals surface area contributed by atoms with Gasteiger partial charge >= 0.3 is 0 Å². The highest BCUT2D eigenvalue weighted by Gasteiger charge is 2.30. The van der Waals surface area contributed by atoms with Crippen LogP contribution in [-0.2, 0) is 14.8 Å². The topological polar surface area (TPSA) is 94.2 Å². The highest BCUT2D eigenvalue weighted by atomic mass is 32.2. The summed E-state index contributed by atoms with van der Waals surface area (Å²) in [5.41, 5.74) is 0.330. The quantitative estimate of drug-likeness (QED) is 0.509. The summed E-state index contributed by atoms with van der Waals surface area (Å²) in [6.07, 6.45) is 1.07. The maximum atomic E-state index is 12.8. The van der Waals surface area contributed by atoms with Gasteiger partial charge in [-0.3, -0.25) is 9.10 Å². The van der Waals surface area contributed by atoms with Crippen LogP contribution in [0.25, 0.3) is 10.8 Å². The average molecular weight is 471 g/mol. The van der Waals surface area contributed by atoms with Gasteiger partial charge in [-0.1, -0.05) is 36.4 Å². The lowest BCUT2D eigenvalue weighted by Gasteiger charge is -2.29. The Hall–Kier alpha value is -3.46. The van der Waals surface area contributed by atoms with Crippen molar-refractivity contribution in [1.29, 1.82) is 0 Å². The van der Waals surface area contributed by atoms with Crippen molar-refractivity contribution < 1.29 is 27.4 Å². The zero-order valence-electron chi connectivity index (χ0n) is 18.5. The van der Waals surface area contributed by atoms with Crippen LogP contribution in [0.2, 0.25) is 0 Å². The van der Waals surface area contributed by atoms with E-state index in [9.17, 15) is 13.2 Å². The Morgan fingerprint density at radius 1 is 1.06 bits per heavy atom. The smallest absolute Gasteiger partial charge is 0.243 e. The fourth-order valence-electron chi connectivity index (χ4n) is 3.78. The molecule has 0 radical (unpaired) electrons. The molecule has 0 saturated carbocycles. The predicted octanol–water partition coefficient (Wildman–Crippen LogP) is 2.96. The molecule has 0 saturated heterocycles. The summed E-state index contributed by atoms with van der Waals surface area (Å²) in [5.74, 6) is 1.28. The summed E-state index contributed by atoms with van der Waals surface area (Å²) in [4.78, 5) is 12.8. The SMILES string of the molecule is CC(C(=O)NCCOc1cccc2ccccc12)N(c1ccc2c(c1)OCCO2)S(C)(=O)=O. The summed E-state index contributed by atoms with van der Waals surface area (Å²) in [6, 6.07) is 17.5. The molecule has 1 aliphatic rings. The molecule has 1 N–H and O–H groups in total. The third-order valence-electron chi connectivity index (χ3n) is 5.28. The molecule has 0 aliphatic carbocycles. The van der Waals surface area contributed by atoms with Crippen molar-refractivity contribution in [2.45, 2.75) is 13.0 Å². The zero-order chi connectivity index (χ0) is 23.4. The number of amides is 1. The first kappa shape index (κ1) is 22.7. The maximum absolute atomic E-state index is 12.8. The van der Waals surface area contributed by atoms with Crippen LogP contribution in [0.3, 0.4) is 0 Å². The van der Waals surface area contributed by atoms with Crippen molar-refractivity contribution in [2.24, 2.45) is 0 Å². The second-order valence-corrected chi connectivity index (χ2v) is 9.54. The van der Waals surface area contributed by atoms with Gasteiger partial charge in [-0.2, -0.15) is 0 Å². The molecule has 0 spiro atoms. The van der Waals surface area contributed by atoms with E-state index in [2.05, 4.69) is 5.32 Å². The van der Waals surface area contributed by atoms with Gasteiger partial charge in [0.25, 0.3) is 0 Å². The van der Waals surface area contributed by atoms with Crippen molar-refractivity contribution in [3.05, 3.63) is 60.7 Å². The number of ether oxygens (including phenoxy) is 3. The van der Waals surface area contributed by atoms with Crippen LogP contribution < -0.4 is 23.8 Å². The van der Waals surface area contributed by atoms with Crippen molar-refractivity contribution in [3.8, 4) is 17.2 Å². The second-order valence-electron chi connectivity index (χ2n) is 7.68. The van der Waals surface area contributed by atoms with Gasteiger partial charge in [-0.05, 0) is 30.5 Å². The Labute approximate surface area is 193 Å². The molecule has 3 aromatic carbocycles. The average Bonchev–Trinajstić information content (AvgIpc) is 2.81. The van der Waals surface area contributed by atoms with Crippen LogP contribution in [0.4, 0.5) is 5.69 Å². The molecule has 0 aromatic heterocycles. The Bertz CT molecular complexity index is 1260. The van der Waals surface area contributed by atoms with Crippen LogP contribution in [0.15, 0.2) is 60.7 Å². The van der Waals surface area contributed by atoms with E-state index in [-0.39, 0.29) is 13.2 Å². The summed E-state index contributed by atoms with van der Waals surface area (Å²) >= 11 is 0. The molecule has 1 atom stereocenters. The predicted molar refractivity (Wildman–Crippen MR) is 127 cm³/mol. The minimum absolute atomic E-state index is 0.227. The molecule has 174 valence electrons. The highest BCUT2D eigenvalue weighted by Crippen LogP contribution is 2.35. The van der Waals surface area contributed by atoms with Crippen molar-refractivity contribution in [3.63, 3.8) is 0 Å². The van der Waals surface area contributed by atoms with E-state index in [0.717, 1.165) is 27.1 Å². The summed E-state index contributed by atoms with van der Waals surface area (Å²) in [7, 11) is -3.74. The first-order valence-electron chi connectivity index (χ1n) is 10.6. The number of sulfonamides is 1. The van der Waals surface area contributed by atoms with E-state index in [1.807, 2.05) is 42.5 Å². The molecular weight excluding hydrogens is 444 g/mol. The lowest BCUT2D eigenvalue weighted by Crippen LogP contribution is -2.48. The Kier molecular flexibility index (Phi) is 6.60. The first-order chi connectivity index (χ1) is 15.8. The number of hydrogen-bond acceptors (Lipinski definition) is 6. The van der Waals surface area contributed by atoms with E-state index in [1.165, 1.54) is 0 Å². The van der Waals surface area contributed by atoms with E-state index < -0.39 is 22.0 Å². The summed E-state index contributed by atoms with van der Waals surface area (Å²) < 4.78 is 43.0. The molecule has 8 nitrogen and oxygen atoms in total. The normalized spacial score (nSPS) is 13.9. The molecule has 1 aliphatic heterocycles. The number of anilines is 1. The van der Waals surface area contributed by atoms with E-state index >= 15 is 0 Å². The number of carbonyl (C=O) groups is 1. The molecule has 4 rings (SSSR count). The number of hydrogen-bond donors (Lipinski definition) is 1. The summed E-state index contributed by atoms with van der Waals surface area (Å²) in [5, 5.41) is 4.81. The van der Waals surface area contributed by atoms with E-state index in [0.29, 0.717) is 30.4 Å². The summed E-state index contributed by atoms with van der Waals surface area (Å²) in [6.45, 7) is 2.82. The van der Waals surface area contributed by atoms with Crippen LogP contribution in [0.5, 0.6) is 17.2 Å². The van der Waals surface area contributed by atoms with Crippen molar-refractivity contribution >= 4 is 32.4 Å². The lowest BCUT2D eigenvalue weighted by molar-refractivity contribution is -0.121. The highest BCUT2D eigenvalue weighted by molar-refractivity contribution is 7.92. The first-order valence-corrected chi connectivity index (χ1v) is 12.5. The van der Waals surface area contributed by atoms with E-state index in [1.54, 1.807) is 25.1 Å². The molecule has 1 heterocycles. The molecule has 0 fully saturated rings. The van der Waals surface area contributed by atoms with Gasteiger partial charge < -0.3 is 19.5 Å². The Balaban J connectivity index is 1.41. The number of rotatable bonds is 8. The fourth-order valence-corrected chi connectivity index (χ4v) is 4.95. The van der Waals surface area contributed by atoms with Gasteiger partial charge in [0, 0.05) is 11.5 Å². The number of nitrogens with zero attached hydrogens (tertiary/aromatic N) is 1. The van der Waals surface area contributed by atoms with Gasteiger partial charge in [-0.15, -0.1) is 0 Å². The minimum atomic E-state index is -3.74. The molecule has 1 unspecified atom stereocenters. The van der Waals surface area contributed by atoms with Gasteiger partial charge in [0.2, 0.25) is 15.9 Å². The maximum Gasteiger partial charge on any atom is 0.243 e. The number of fused-ring (bicyclic) bond motifs is 2. The van der Waals surface area contributed by atoms with Crippen LogP contribution in [0.1, 0.15) is 6.92 Å². The standard InChI is InChI=1S/C24H26N2O6S/c1-17(26(33(2,28)29)19-10-11-22-23(16-19)32-15-14-31-22)24(27)25-12-13-30-21-9-5-7-18-6-3-4-8-20(18)21/h3-11,16-17H,12-15H2,1-2H3,(H,25,27). The van der Waals surface area contributed by atoms with Crippen LogP contribution in [-0.4, -0.2) is 53.0 Å². The zero-order valence-corrected chi connectivity index (χ0v) is 19.3. The molecule has 1 amide bonds. The number of nitrogens with one attached hydrogen (secondary N) is 1. The molecule has 9 heteroatoms. The molecular formula is C24H26N2O6S. The minimum Gasteiger partial charge on any atom is -0.491 e. The molecule has 0 bridgehead atoms. The van der Waals surface area contributed by atoms with Crippen molar-refractivity contribution in [2.75, 3.05) is 36.9 Å². The third kappa shape index (κ3) is 5.14. The number of carbonyl (C=O) groups excluding carboxylic acids is 1. The lowest BCUT2D eigenvalue weighted by atomic mass is 10.1. The van der Waals surface area contributed by atoms with Crippen molar-refractivity contribution in [1.82, 2.24) is 5.32 Å².